The third-order valence-corrected chi connectivity index (χ3v) is 5.49. The van der Waals surface area contributed by atoms with Crippen LogP contribution in [0.4, 0.5) is 0 Å². The molecule has 158 valence electrons. The van der Waals surface area contributed by atoms with E-state index < -0.39 is 0 Å². The van der Waals surface area contributed by atoms with Crippen molar-refractivity contribution in [1.82, 2.24) is 4.90 Å². The Labute approximate surface area is 181 Å². The van der Waals surface area contributed by atoms with Crippen molar-refractivity contribution in [3.63, 3.8) is 0 Å². The maximum Gasteiger partial charge on any atom is 0.261 e. The molecule has 0 saturated heterocycles. The van der Waals surface area contributed by atoms with E-state index in [-0.39, 0.29) is 18.4 Å². The molecule has 0 unspecified atom stereocenters. The Hall–Kier alpha value is -3.80. The highest BCUT2D eigenvalue weighted by molar-refractivity contribution is 6.21. The summed E-state index contributed by atoms with van der Waals surface area (Å²) in [4.78, 5) is 26.8. The molecule has 0 N–H and O–H groups in total. The van der Waals surface area contributed by atoms with Crippen LogP contribution < -0.4 is 14.2 Å². The molecule has 0 fully saturated rings. The van der Waals surface area contributed by atoms with Crippen molar-refractivity contribution < 1.29 is 23.8 Å². The van der Waals surface area contributed by atoms with Crippen LogP contribution in [-0.2, 0) is 6.42 Å². The number of hydrogen-bond donors (Lipinski definition) is 0. The molecule has 31 heavy (non-hydrogen) atoms. The molecule has 4 rings (SSSR count). The summed E-state index contributed by atoms with van der Waals surface area (Å²) in [5, 5.41) is 0. The molecule has 3 aromatic carbocycles. The summed E-state index contributed by atoms with van der Waals surface area (Å²) in [6.07, 6.45) is 0.479. The second-order valence-corrected chi connectivity index (χ2v) is 7.15. The summed E-state index contributed by atoms with van der Waals surface area (Å²) in [7, 11) is 4.80. The number of amides is 2. The lowest BCUT2D eigenvalue weighted by Gasteiger charge is -2.18. The minimum absolute atomic E-state index is 0.257. The fourth-order valence-corrected chi connectivity index (χ4v) is 3.84. The van der Waals surface area contributed by atoms with E-state index in [0.29, 0.717) is 29.0 Å². The van der Waals surface area contributed by atoms with Gasteiger partial charge < -0.3 is 14.2 Å². The van der Waals surface area contributed by atoms with Crippen LogP contribution in [0.25, 0.3) is 11.1 Å². The van der Waals surface area contributed by atoms with Gasteiger partial charge in [0.25, 0.3) is 11.8 Å². The van der Waals surface area contributed by atoms with Crippen molar-refractivity contribution in [3.05, 3.63) is 77.4 Å². The monoisotopic (exact) mass is 417 g/mol. The predicted molar refractivity (Wildman–Crippen MR) is 117 cm³/mol. The van der Waals surface area contributed by atoms with Crippen LogP contribution in [0, 0.1) is 0 Å². The van der Waals surface area contributed by atoms with Crippen LogP contribution in [0.5, 0.6) is 17.2 Å². The van der Waals surface area contributed by atoms with E-state index in [1.807, 2.05) is 36.4 Å². The average molecular weight is 417 g/mol. The Morgan fingerprint density at radius 2 is 1.29 bits per heavy atom. The maximum absolute atomic E-state index is 12.7. The normalized spacial score (nSPS) is 12.7. The van der Waals surface area contributed by atoms with Gasteiger partial charge in [-0.05, 0) is 59.5 Å². The first kappa shape index (κ1) is 20.5. The maximum atomic E-state index is 12.7. The summed E-state index contributed by atoms with van der Waals surface area (Å²) >= 11 is 0. The molecule has 0 aliphatic carbocycles. The molecule has 1 aliphatic heterocycles. The summed E-state index contributed by atoms with van der Waals surface area (Å²) in [5.41, 5.74) is 3.76. The van der Waals surface area contributed by atoms with E-state index in [1.54, 1.807) is 45.6 Å². The summed E-state index contributed by atoms with van der Waals surface area (Å²) in [6.45, 7) is 0.269. The summed E-state index contributed by atoms with van der Waals surface area (Å²) in [6, 6.07) is 18.4. The number of nitrogens with zero attached hydrogens (tertiary/aromatic N) is 1. The Balaban J connectivity index is 1.67. The molecule has 2 amide bonds. The summed E-state index contributed by atoms with van der Waals surface area (Å²) in [5.74, 6) is 1.45. The molecule has 1 aliphatic rings. The molecular weight excluding hydrogens is 394 g/mol. The van der Waals surface area contributed by atoms with Gasteiger partial charge in [-0.25, -0.2) is 0 Å². The molecule has 1 heterocycles. The van der Waals surface area contributed by atoms with Crippen molar-refractivity contribution in [2.24, 2.45) is 0 Å². The minimum Gasteiger partial charge on any atom is -0.497 e. The van der Waals surface area contributed by atoms with Crippen molar-refractivity contribution in [2.75, 3.05) is 27.9 Å². The van der Waals surface area contributed by atoms with E-state index in [4.69, 9.17) is 14.2 Å². The largest absolute Gasteiger partial charge is 0.497 e. The van der Waals surface area contributed by atoms with Crippen LogP contribution in [0.1, 0.15) is 26.3 Å². The number of methoxy groups -OCH3 is 3. The standard InChI is InChI=1S/C25H23NO5/c1-29-18-10-8-16(9-11-18)21-15-23(31-3)22(30-2)14-17(21)12-13-26-24(27)19-6-4-5-7-20(19)25(26)28/h4-11,14-15H,12-13H2,1-3H3. The Kier molecular flexibility index (Phi) is 5.62. The molecular formula is C25H23NO5. The number of carbonyl (C=O) groups excluding carboxylic acids is 2. The van der Waals surface area contributed by atoms with Gasteiger partial charge in [0.05, 0.1) is 32.5 Å². The van der Waals surface area contributed by atoms with Crippen LogP contribution in [0.15, 0.2) is 60.7 Å². The van der Waals surface area contributed by atoms with E-state index in [9.17, 15) is 9.59 Å². The van der Waals surface area contributed by atoms with Gasteiger partial charge >= 0.3 is 0 Å². The lowest BCUT2D eigenvalue weighted by Crippen LogP contribution is -2.31. The quantitative estimate of drug-likeness (QED) is 0.539. The van der Waals surface area contributed by atoms with Gasteiger partial charge in [-0.3, -0.25) is 14.5 Å². The molecule has 3 aromatic rings. The summed E-state index contributed by atoms with van der Waals surface area (Å²) < 4.78 is 16.2. The number of rotatable bonds is 7. The highest BCUT2D eigenvalue weighted by Gasteiger charge is 2.34. The Bertz CT molecular complexity index is 1100. The van der Waals surface area contributed by atoms with E-state index in [2.05, 4.69) is 0 Å². The van der Waals surface area contributed by atoms with Gasteiger partial charge in [0.15, 0.2) is 11.5 Å². The predicted octanol–water partition coefficient (Wildman–Crippen LogP) is 4.22. The van der Waals surface area contributed by atoms with E-state index >= 15 is 0 Å². The molecule has 0 aromatic heterocycles. The Morgan fingerprint density at radius 1 is 0.710 bits per heavy atom. The zero-order chi connectivity index (χ0) is 22.0. The molecule has 0 spiro atoms. The average Bonchev–Trinajstić information content (AvgIpc) is 3.07. The Morgan fingerprint density at radius 3 is 1.84 bits per heavy atom. The number of carbonyl (C=O) groups is 2. The van der Waals surface area contributed by atoms with E-state index in [1.165, 1.54) is 4.90 Å². The zero-order valence-corrected chi connectivity index (χ0v) is 17.7. The van der Waals surface area contributed by atoms with Gasteiger partial charge in [-0.2, -0.15) is 0 Å². The number of benzene rings is 3. The first-order valence-corrected chi connectivity index (χ1v) is 9.92. The first-order valence-electron chi connectivity index (χ1n) is 9.92. The molecule has 0 saturated carbocycles. The third kappa shape index (κ3) is 3.72. The smallest absolute Gasteiger partial charge is 0.261 e. The second-order valence-electron chi connectivity index (χ2n) is 7.15. The van der Waals surface area contributed by atoms with Gasteiger partial charge in [0, 0.05) is 6.54 Å². The number of fused-ring (bicyclic) bond motifs is 1. The van der Waals surface area contributed by atoms with Crippen LogP contribution in [0.3, 0.4) is 0 Å². The SMILES string of the molecule is COc1ccc(-c2cc(OC)c(OC)cc2CCN2C(=O)c3ccccc3C2=O)cc1. The van der Waals surface area contributed by atoms with Crippen LogP contribution in [0.2, 0.25) is 0 Å². The fourth-order valence-electron chi connectivity index (χ4n) is 3.84. The van der Waals surface area contributed by atoms with Crippen LogP contribution in [-0.4, -0.2) is 44.6 Å². The van der Waals surface area contributed by atoms with E-state index in [0.717, 1.165) is 22.4 Å². The number of ether oxygens (including phenoxy) is 3. The van der Waals surface area contributed by atoms with Gasteiger partial charge in [0.2, 0.25) is 0 Å². The molecule has 6 heteroatoms. The fraction of sp³-hybridized carbons (Fsp3) is 0.200. The van der Waals surface area contributed by atoms with Gasteiger partial charge in [-0.15, -0.1) is 0 Å². The van der Waals surface area contributed by atoms with Crippen molar-refractivity contribution in [2.45, 2.75) is 6.42 Å². The minimum atomic E-state index is -0.257. The number of hydrogen-bond acceptors (Lipinski definition) is 5. The highest BCUT2D eigenvalue weighted by atomic mass is 16.5. The third-order valence-electron chi connectivity index (χ3n) is 5.49. The second kappa shape index (κ2) is 8.52. The highest BCUT2D eigenvalue weighted by Crippen LogP contribution is 2.37. The van der Waals surface area contributed by atoms with Gasteiger partial charge in [0.1, 0.15) is 5.75 Å². The molecule has 0 atom stereocenters. The van der Waals surface area contributed by atoms with Crippen LogP contribution >= 0.6 is 0 Å². The molecule has 0 bridgehead atoms. The first-order chi connectivity index (χ1) is 15.1. The topological polar surface area (TPSA) is 65.1 Å². The van der Waals surface area contributed by atoms with Crippen molar-refractivity contribution in [1.29, 1.82) is 0 Å². The zero-order valence-electron chi connectivity index (χ0n) is 17.7. The molecule has 6 nitrogen and oxygen atoms in total. The van der Waals surface area contributed by atoms with Crippen molar-refractivity contribution in [3.8, 4) is 28.4 Å². The lowest BCUT2D eigenvalue weighted by molar-refractivity contribution is 0.0656. The van der Waals surface area contributed by atoms with Crippen molar-refractivity contribution >= 4 is 11.8 Å². The molecule has 0 radical (unpaired) electrons. The number of imide groups is 1. The lowest BCUT2D eigenvalue weighted by atomic mass is 9.96. The van der Waals surface area contributed by atoms with Gasteiger partial charge in [-0.1, -0.05) is 24.3 Å².